The van der Waals surface area contributed by atoms with Crippen molar-refractivity contribution in [2.75, 3.05) is 20.7 Å². The highest BCUT2D eigenvalue weighted by molar-refractivity contribution is 5.43. The van der Waals surface area contributed by atoms with Crippen LogP contribution in [0.15, 0.2) is 18.2 Å². The Morgan fingerprint density at radius 1 is 1.25 bits per heavy atom. The molecule has 0 unspecified atom stereocenters. The highest BCUT2D eigenvalue weighted by Crippen LogP contribution is 2.59. The van der Waals surface area contributed by atoms with Crippen molar-refractivity contribution in [3.05, 3.63) is 29.3 Å². The van der Waals surface area contributed by atoms with Crippen LogP contribution in [-0.2, 0) is 6.42 Å². The van der Waals surface area contributed by atoms with Crippen LogP contribution in [-0.4, -0.2) is 31.6 Å². The number of methoxy groups -OCH3 is 1. The standard InChI is InChI=1S/C18H25NO/c1-19-10-9-18-8-4-3-5-16(18)15-12-14(20-2)7-6-13(15)11-17(18)19/h6-7,12,16-17H,3-5,8-11H2,1-2H3/t16-,17-,18-/m0/s1. The highest BCUT2D eigenvalue weighted by Gasteiger charge is 2.54. The Labute approximate surface area is 122 Å². The zero-order valence-corrected chi connectivity index (χ0v) is 12.7. The topological polar surface area (TPSA) is 12.5 Å². The van der Waals surface area contributed by atoms with Crippen molar-refractivity contribution in [1.82, 2.24) is 4.90 Å². The van der Waals surface area contributed by atoms with Crippen LogP contribution in [0.25, 0.3) is 0 Å². The summed E-state index contributed by atoms with van der Waals surface area (Å²) in [5.74, 6) is 1.80. The second-order valence-corrected chi connectivity index (χ2v) is 7.05. The van der Waals surface area contributed by atoms with Gasteiger partial charge < -0.3 is 9.64 Å². The molecule has 0 radical (unpaired) electrons. The van der Waals surface area contributed by atoms with Crippen LogP contribution in [0.3, 0.4) is 0 Å². The molecule has 2 nitrogen and oxygen atoms in total. The fraction of sp³-hybridized carbons (Fsp3) is 0.667. The van der Waals surface area contributed by atoms with Crippen molar-refractivity contribution >= 4 is 0 Å². The summed E-state index contributed by atoms with van der Waals surface area (Å²) in [7, 11) is 4.12. The fourth-order valence-electron chi connectivity index (χ4n) is 5.35. The molecule has 2 aliphatic carbocycles. The predicted molar refractivity (Wildman–Crippen MR) is 81.4 cm³/mol. The van der Waals surface area contributed by atoms with Gasteiger partial charge in [-0.25, -0.2) is 0 Å². The van der Waals surface area contributed by atoms with Gasteiger partial charge in [-0.3, -0.25) is 0 Å². The van der Waals surface area contributed by atoms with Crippen molar-refractivity contribution in [3.63, 3.8) is 0 Å². The summed E-state index contributed by atoms with van der Waals surface area (Å²) in [6.07, 6.45) is 8.29. The molecular formula is C18H25NO. The maximum absolute atomic E-state index is 5.48. The van der Waals surface area contributed by atoms with E-state index < -0.39 is 0 Å². The van der Waals surface area contributed by atoms with E-state index in [0.717, 1.165) is 17.7 Å². The van der Waals surface area contributed by atoms with Gasteiger partial charge in [0.05, 0.1) is 7.11 Å². The lowest BCUT2D eigenvalue weighted by molar-refractivity contribution is 0.0807. The van der Waals surface area contributed by atoms with E-state index in [-0.39, 0.29) is 0 Å². The number of nitrogens with zero attached hydrogens (tertiary/aromatic N) is 1. The Morgan fingerprint density at radius 3 is 3.00 bits per heavy atom. The molecular weight excluding hydrogens is 246 g/mol. The van der Waals surface area contributed by atoms with Crippen LogP contribution in [0.2, 0.25) is 0 Å². The number of rotatable bonds is 1. The van der Waals surface area contributed by atoms with Gasteiger partial charge in [-0.05, 0) is 73.9 Å². The van der Waals surface area contributed by atoms with E-state index in [1.807, 2.05) is 0 Å². The molecule has 0 bridgehead atoms. The van der Waals surface area contributed by atoms with Gasteiger partial charge in [0.2, 0.25) is 0 Å². The van der Waals surface area contributed by atoms with Gasteiger partial charge in [0, 0.05) is 6.04 Å². The summed E-state index contributed by atoms with van der Waals surface area (Å²) in [5.41, 5.74) is 3.74. The molecule has 3 aliphatic rings. The lowest BCUT2D eigenvalue weighted by Crippen LogP contribution is -2.48. The summed E-state index contributed by atoms with van der Waals surface area (Å²) in [6.45, 7) is 1.28. The third kappa shape index (κ3) is 1.60. The number of likely N-dealkylation sites (tertiary alicyclic amines) is 1. The summed E-state index contributed by atoms with van der Waals surface area (Å²) >= 11 is 0. The number of hydrogen-bond acceptors (Lipinski definition) is 2. The molecule has 1 aromatic carbocycles. The molecule has 1 saturated carbocycles. The molecule has 4 rings (SSSR count). The second kappa shape index (κ2) is 4.49. The van der Waals surface area contributed by atoms with Crippen LogP contribution in [0.5, 0.6) is 5.75 Å². The SMILES string of the molecule is COc1ccc2c(c1)[C@@H]1CCCC[C@]13CCN(C)[C@H]3C2. The van der Waals surface area contributed by atoms with E-state index in [1.54, 1.807) is 18.2 Å². The number of likely N-dealkylation sites (N-methyl/N-ethyl adjacent to an activating group) is 1. The van der Waals surface area contributed by atoms with E-state index in [0.29, 0.717) is 5.41 Å². The minimum absolute atomic E-state index is 0.562. The molecule has 2 fully saturated rings. The van der Waals surface area contributed by atoms with Gasteiger partial charge in [-0.1, -0.05) is 18.9 Å². The van der Waals surface area contributed by atoms with Gasteiger partial charge in [0.15, 0.2) is 0 Å². The van der Waals surface area contributed by atoms with E-state index in [1.165, 1.54) is 45.1 Å². The van der Waals surface area contributed by atoms with E-state index in [2.05, 4.69) is 30.1 Å². The van der Waals surface area contributed by atoms with Crippen molar-refractivity contribution in [1.29, 1.82) is 0 Å². The minimum Gasteiger partial charge on any atom is -0.497 e. The Balaban J connectivity index is 1.84. The van der Waals surface area contributed by atoms with E-state index in [9.17, 15) is 0 Å². The van der Waals surface area contributed by atoms with Crippen molar-refractivity contribution in [2.45, 2.75) is 50.5 Å². The Morgan fingerprint density at radius 2 is 2.15 bits per heavy atom. The molecule has 1 aliphatic heterocycles. The lowest BCUT2D eigenvalue weighted by Gasteiger charge is -2.51. The number of fused-ring (bicyclic) bond motifs is 2. The zero-order valence-electron chi connectivity index (χ0n) is 12.7. The summed E-state index contributed by atoms with van der Waals surface area (Å²) in [5, 5.41) is 0. The molecule has 2 heteroatoms. The molecule has 108 valence electrons. The first-order valence-electron chi connectivity index (χ1n) is 8.12. The molecule has 1 spiro atoms. The van der Waals surface area contributed by atoms with Crippen LogP contribution in [0, 0.1) is 5.41 Å². The number of hydrogen-bond donors (Lipinski definition) is 0. The minimum atomic E-state index is 0.562. The first kappa shape index (κ1) is 12.7. The van der Waals surface area contributed by atoms with Gasteiger partial charge in [0.1, 0.15) is 5.75 Å². The molecule has 0 aromatic heterocycles. The zero-order chi connectivity index (χ0) is 13.7. The van der Waals surface area contributed by atoms with Crippen LogP contribution >= 0.6 is 0 Å². The molecule has 0 N–H and O–H groups in total. The summed E-state index contributed by atoms with van der Waals surface area (Å²) in [4.78, 5) is 2.63. The quantitative estimate of drug-likeness (QED) is 0.774. The Bertz CT molecular complexity index is 522. The maximum Gasteiger partial charge on any atom is 0.119 e. The largest absolute Gasteiger partial charge is 0.497 e. The second-order valence-electron chi connectivity index (χ2n) is 7.05. The fourth-order valence-corrected chi connectivity index (χ4v) is 5.35. The van der Waals surface area contributed by atoms with Crippen LogP contribution < -0.4 is 4.74 Å². The summed E-state index contributed by atoms with van der Waals surface area (Å²) in [6, 6.07) is 7.57. The highest BCUT2D eigenvalue weighted by atomic mass is 16.5. The van der Waals surface area contributed by atoms with Gasteiger partial charge in [-0.15, -0.1) is 0 Å². The number of ether oxygens (including phenoxy) is 1. The third-order valence-electron chi connectivity index (χ3n) is 6.35. The first-order chi connectivity index (χ1) is 9.74. The van der Waals surface area contributed by atoms with Gasteiger partial charge >= 0.3 is 0 Å². The molecule has 20 heavy (non-hydrogen) atoms. The Kier molecular flexibility index (Phi) is 2.85. The molecule has 1 aromatic rings. The number of benzene rings is 1. The van der Waals surface area contributed by atoms with E-state index >= 15 is 0 Å². The van der Waals surface area contributed by atoms with Crippen LogP contribution in [0.1, 0.15) is 49.1 Å². The maximum atomic E-state index is 5.48. The van der Waals surface area contributed by atoms with Crippen LogP contribution in [0.4, 0.5) is 0 Å². The lowest BCUT2D eigenvalue weighted by atomic mass is 9.55. The Hall–Kier alpha value is -1.02. The molecule has 3 atom stereocenters. The van der Waals surface area contributed by atoms with Crippen molar-refractivity contribution in [2.24, 2.45) is 5.41 Å². The summed E-state index contributed by atoms with van der Waals surface area (Å²) < 4.78 is 5.48. The molecule has 1 heterocycles. The molecule has 0 amide bonds. The normalized spacial score (nSPS) is 36.1. The van der Waals surface area contributed by atoms with Crippen molar-refractivity contribution in [3.8, 4) is 5.75 Å². The smallest absolute Gasteiger partial charge is 0.119 e. The molecule has 1 saturated heterocycles. The average Bonchev–Trinajstić information content (AvgIpc) is 2.81. The monoisotopic (exact) mass is 271 g/mol. The average molecular weight is 271 g/mol. The van der Waals surface area contributed by atoms with Gasteiger partial charge in [0.25, 0.3) is 0 Å². The van der Waals surface area contributed by atoms with Gasteiger partial charge in [-0.2, -0.15) is 0 Å². The van der Waals surface area contributed by atoms with Crippen molar-refractivity contribution < 1.29 is 4.74 Å². The van der Waals surface area contributed by atoms with E-state index in [4.69, 9.17) is 4.74 Å². The first-order valence-corrected chi connectivity index (χ1v) is 8.12. The third-order valence-corrected chi connectivity index (χ3v) is 6.35. The predicted octanol–water partition coefficient (Wildman–Crippen LogP) is 3.60.